The van der Waals surface area contributed by atoms with Crippen LogP contribution in [0.2, 0.25) is 0 Å². The lowest BCUT2D eigenvalue weighted by Crippen LogP contribution is -2.15. The molecule has 98 valence electrons. The minimum Gasteiger partial charge on any atom is -0.441 e. The summed E-state index contributed by atoms with van der Waals surface area (Å²) in [4.78, 5) is 0. The van der Waals surface area contributed by atoms with E-state index in [9.17, 15) is 0 Å². The van der Waals surface area contributed by atoms with Gasteiger partial charge in [0.15, 0.2) is 0 Å². The van der Waals surface area contributed by atoms with Crippen molar-refractivity contribution in [2.45, 2.75) is 59.5 Å². The molecule has 0 unspecified atom stereocenters. The molecule has 0 fully saturated rings. The zero-order valence-electron chi connectivity index (χ0n) is 12.3. The molecule has 0 atom stereocenters. The van der Waals surface area contributed by atoms with Gasteiger partial charge in [0.25, 0.3) is 0 Å². The first-order chi connectivity index (χ1) is 8.42. The van der Waals surface area contributed by atoms with Gasteiger partial charge in [-0.3, -0.25) is 0 Å². The van der Waals surface area contributed by atoms with Gasteiger partial charge < -0.3 is 4.74 Å². The van der Waals surface area contributed by atoms with E-state index in [0.29, 0.717) is 0 Å². The van der Waals surface area contributed by atoms with E-state index in [-0.39, 0.29) is 5.60 Å². The smallest absolute Gasteiger partial charge is 0.116 e. The van der Waals surface area contributed by atoms with E-state index in [0.717, 1.165) is 12.0 Å². The minimum atomic E-state index is -0.207. The Bertz CT molecular complexity index is 441. The monoisotopic (exact) mass is 244 g/mol. The van der Waals surface area contributed by atoms with Crippen LogP contribution >= 0.6 is 0 Å². The van der Waals surface area contributed by atoms with Crippen LogP contribution in [0.5, 0.6) is 0 Å². The summed E-state index contributed by atoms with van der Waals surface area (Å²) in [5.41, 5.74) is 3.52. The molecular formula is C17H24O. The van der Waals surface area contributed by atoms with Crippen LogP contribution in [0.1, 0.15) is 57.2 Å². The van der Waals surface area contributed by atoms with Crippen molar-refractivity contribution < 1.29 is 4.74 Å². The van der Waals surface area contributed by atoms with Gasteiger partial charge in [-0.25, -0.2) is 0 Å². The second-order valence-electron chi connectivity index (χ2n) is 5.71. The quantitative estimate of drug-likeness (QED) is 0.713. The summed E-state index contributed by atoms with van der Waals surface area (Å²) in [6.45, 7) is 10.4. The standard InChI is InChI=1S/C17H24O/c1-6-7-8-16-13-14(2)9-10-15(16)11-12-18-17(3,4)5/h9-10,13H,6-8H2,1-5H3. The van der Waals surface area contributed by atoms with Gasteiger partial charge in [0, 0.05) is 5.56 Å². The van der Waals surface area contributed by atoms with Crippen molar-refractivity contribution in [2.24, 2.45) is 0 Å². The molecule has 0 bridgehead atoms. The van der Waals surface area contributed by atoms with E-state index in [2.05, 4.69) is 44.1 Å². The largest absolute Gasteiger partial charge is 0.441 e. The van der Waals surface area contributed by atoms with Crippen LogP contribution in [-0.4, -0.2) is 5.60 Å². The van der Waals surface area contributed by atoms with E-state index < -0.39 is 0 Å². The average Bonchev–Trinajstić information content (AvgIpc) is 2.27. The average molecular weight is 244 g/mol. The number of rotatable bonds is 3. The lowest BCUT2D eigenvalue weighted by Gasteiger charge is -2.14. The van der Waals surface area contributed by atoms with Crippen molar-refractivity contribution >= 4 is 0 Å². The first-order valence-electron chi connectivity index (χ1n) is 6.71. The SMILES string of the molecule is CCCCc1cc(C)ccc1C#COC(C)(C)C. The highest BCUT2D eigenvalue weighted by atomic mass is 16.5. The van der Waals surface area contributed by atoms with Crippen molar-refractivity contribution in [3.8, 4) is 12.0 Å². The van der Waals surface area contributed by atoms with E-state index in [1.807, 2.05) is 20.8 Å². The van der Waals surface area contributed by atoms with Crippen molar-refractivity contribution in [1.29, 1.82) is 0 Å². The third-order valence-corrected chi connectivity index (χ3v) is 2.60. The van der Waals surface area contributed by atoms with E-state index in [4.69, 9.17) is 4.74 Å². The fraction of sp³-hybridized carbons (Fsp3) is 0.529. The summed E-state index contributed by atoms with van der Waals surface area (Å²) in [5, 5.41) is 0. The number of hydrogen-bond acceptors (Lipinski definition) is 1. The van der Waals surface area contributed by atoms with E-state index in [1.165, 1.54) is 24.0 Å². The van der Waals surface area contributed by atoms with Crippen LogP contribution < -0.4 is 0 Å². The molecule has 1 nitrogen and oxygen atoms in total. The first kappa shape index (κ1) is 14.6. The number of hydrogen-bond donors (Lipinski definition) is 0. The Hall–Kier alpha value is -1.42. The lowest BCUT2D eigenvalue weighted by molar-refractivity contribution is 0.0963. The molecule has 1 aromatic carbocycles. The van der Waals surface area contributed by atoms with Crippen molar-refractivity contribution in [2.75, 3.05) is 0 Å². The van der Waals surface area contributed by atoms with Gasteiger partial charge >= 0.3 is 0 Å². The van der Waals surface area contributed by atoms with Gasteiger partial charge in [0.1, 0.15) is 11.7 Å². The van der Waals surface area contributed by atoms with Crippen LogP contribution in [0.15, 0.2) is 18.2 Å². The highest BCUT2D eigenvalue weighted by Gasteiger charge is 2.08. The summed E-state index contributed by atoms with van der Waals surface area (Å²) < 4.78 is 5.46. The molecule has 0 aliphatic heterocycles. The number of benzene rings is 1. The molecule has 0 heterocycles. The Balaban J connectivity index is 2.86. The molecule has 0 aliphatic rings. The summed E-state index contributed by atoms with van der Waals surface area (Å²) in [6, 6.07) is 6.44. The number of unbranched alkanes of at least 4 members (excludes halogenated alkanes) is 1. The van der Waals surface area contributed by atoms with Crippen LogP contribution in [-0.2, 0) is 11.2 Å². The Morgan fingerprint density at radius 3 is 2.56 bits per heavy atom. The maximum Gasteiger partial charge on any atom is 0.116 e. The van der Waals surface area contributed by atoms with Crippen molar-refractivity contribution in [1.82, 2.24) is 0 Å². The normalized spacial score (nSPS) is 10.7. The maximum absolute atomic E-state index is 5.46. The second kappa shape index (κ2) is 6.50. The molecule has 1 heteroatoms. The van der Waals surface area contributed by atoms with Crippen LogP contribution in [0.25, 0.3) is 0 Å². The lowest BCUT2D eigenvalue weighted by atomic mass is 10.0. The molecule has 0 saturated heterocycles. The summed E-state index contributed by atoms with van der Waals surface area (Å²) in [6.07, 6.45) is 6.34. The minimum absolute atomic E-state index is 0.207. The van der Waals surface area contributed by atoms with Gasteiger partial charge in [0.2, 0.25) is 0 Å². The van der Waals surface area contributed by atoms with Crippen molar-refractivity contribution in [3.05, 3.63) is 34.9 Å². The van der Waals surface area contributed by atoms with E-state index in [1.54, 1.807) is 0 Å². The molecule has 0 spiro atoms. The molecule has 0 aliphatic carbocycles. The first-order valence-corrected chi connectivity index (χ1v) is 6.71. The Morgan fingerprint density at radius 2 is 1.94 bits per heavy atom. The Kier molecular flexibility index (Phi) is 5.28. The predicted octanol–water partition coefficient (Wildman–Crippen LogP) is 4.46. The zero-order valence-corrected chi connectivity index (χ0v) is 12.3. The molecule has 1 aromatic rings. The molecule has 18 heavy (non-hydrogen) atoms. The van der Waals surface area contributed by atoms with Gasteiger partial charge in [-0.15, -0.1) is 0 Å². The number of aryl methyl sites for hydroxylation is 2. The number of ether oxygens (including phenoxy) is 1. The Morgan fingerprint density at radius 1 is 1.22 bits per heavy atom. The zero-order chi connectivity index (χ0) is 13.6. The van der Waals surface area contributed by atoms with Crippen LogP contribution in [0.4, 0.5) is 0 Å². The molecule has 0 radical (unpaired) electrons. The molecule has 0 amide bonds. The fourth-order valence-electron chi connectivity index (χ4n) is 1.65. The predicted molar refractivity (Wildman–Crippen MR) is 77.5 cm³/mol. The molecule has 0 saturated carbocycles. The summed E-state index contributed by atoms with van der Waals surface area (Å²) in [7, 11) is 0. The Labute approximate surface area is 112 Å². The topological polar surface area (TPSA) is 9.23 Å². The van der Waals surface area contributed by atoms with Crippen LogP contribution in [0.3, 0.4) is 0 Å². The molecular weight excluding hydrogens is 220 g/mol. The van der Waals surface area contributed by atoms with Crippen molar-refractivity contribution in [3.63, 3.8) is 0 Å². The fourth-order valence-corrected chi connectivity index (χ4v) is 1.65. The van der Waals surface area contributed by atoms with Gasteiger partial charge in [0.05, 0.1) is 0 Å². The third kappa shape index (κ3) is 5.27. The highest BCUT2D eigenvalue weighted by Crippen LogP contribution is 2.14. The van der Waals surface area contributed by atoms with Gasteiger partial charge in [-0.05, 0) is 58.1 Å². The van der Waals surface area contributed by atoms with Gasteiger partial charge in [-0.1, -0.05) is 31.0 Å². The second-order valence-corrected chi connectivity index (χ2v) is 5.71. The maximum atomic E-state index is 5.46. The highest BCUT2D eigenvalue weighted by molar-refractivity contribution is 5.42. The molecule has 0 N–H and O–H groups in total. The molecule has 0 aromatic heterocycles. The van der Waals surface area contributed by atoms with E-state index >= 15 is 0 Å². The van der Waals surface area contributed by atoms with Crippen LogP contribution in [0, 0.1) is 19.0 Å². The third-order valence-electron chi connectivity index (χ3n) is 2.60. The molecule has 1 rings (SSSR count). The van der Waals surface area contributed by atoms with Gasteiger partial charge in [-0.2, -0.15) is 0 Å². The summed E-state index contributed by atoms with van der Waals surface area (Å²) in [5.74, 6) is 3.13. The summed E-state index contributed by atoms with van der Waals surface area (Å²) >= 11 is 0.